The topological polar surface area (TPSA) is 37.3 Å². The molecule has 0 radical (unpaired) electrons. The highest BCUT2D eigenvalue weighted by Crippen LogP contribution is 2.12. The second-order valence-electron chi connectivity index (χ2n) is 3.99. The Hall–Kier alpha value is -1.05. The molecular formula is C15H28O2. The number of carbonyl (C=O) groups is 1. The molecular weight excluding hydrogens is 212 g/mol. The molecule has 0 aliphatic carbocycles. The van der Waals surface area contributed by atoms with E-state index in [-0.39, 0.29) is 0 Å². The summed E-state index contributed by atoms with van der Waals surface area (Å²) >= 11 is 0. The fourth-order valence-corrected chi connectivity index (χ4v) is 1.53. The predicted octanol–water partition coefficient (Wildman–Crippen LogP) is 4.96. The van der Waals surface area contributed by atoms with Crippen molar-refractivity contribution in [2.24, 2.45) is 0 Å². The van der Waals surface area contributed by atoms with Gasteiger partial charge in [-0.15, -0.1) is 13.2 Å². The molecule has 0 spiro atoms. The fraction of sp³-hybridized carbons (Fsp3) is 0.667. The molecule has 1 N–H and O–H groups in total. The SMILES string of the molecule is C=C.CCCC=C(CCCCCCC)C(=O)O. The quantitative estimate of drug-likeness (QED) is 0.351. The molecule has 100 valence electrons. The van der Waals surface area contributed by atoms with Crippen LogP contribution < -0.4 is 0 Å². The van der Waals surface area contributed by atoms with Crippen LogP contribution in [-0.2, 0) is 4.79 Å². The van der Waals surface area contributed by atoms with E-state index >= 15 is 0 Å². The number of hydrogen-bond acceptors (Lipinski definition) is 1. The van der Waals surface area contributed by atoms with E-state index in [0.717, 1.165) is 32.1 Å². The summed E-state index contributed by atoms with van der Waals surface area (Å²) in [6.07, 6.45) is 10.4. The van der Waals surface area contributed by atoms with E-state index in [1.165, 1.54) is 19.3 Å². The summed E-state index contributed by atoms with van der Waals surface area (Å²) in [4.78, 5) is 10.9. The number of carboxylic acid groups (broad SMARTS) is 1. The number of hydrogen-bond donors (Lipinski definition) is 1. The zero-order valence-electron chi connectivity index (χ0n) is 11.5. The Kier molecular flexibility index (Phi) is 16.1. The lowest BCUT2D eigenvalue weighted by molar-refractivity contribution is -0.132. The molecule has 0 aliphatic rings. The van der Waals surface area contributed by atoms with Gasteiger partial charge < -0.3 is 5.11 Å². The monoisotopic (exact) mass is 240 g/mol. The third-order valence-corrected chi connectivity index (χ3v) is 2.50. The van der Waals surface area contributed by atoms with Gasteiger partial charge in [-0.3, -0.25) is 0 Å². The van der Waals surface area contributed by atoms with Gasteiger partial charge >= 0.3 is 5.97 Å². The minimum absolute atomic E-state index is 0.605. The fourth-order valence-electron chi connectivity index (χ4n) is 1.53. The maximum Gasteiger partial charge on any atom is 0.331 e. The number of aliphatic carboxylic acids is 1. The standard InChI is InChI=1S/C13H24O2.C2H4/c1-3-5-7-8-9-11-12(13(14)15)10-6-4-2;1-2/h10H,3-9,11H2,1-2H3,(H,14,15);1-2H2. The summed E-state index contributed by atoms with van der Waals surface area (Å²) in [7, 11) is 0. The number of allylic oxidation sites excluding steroid dienone is 1. The van der Waals surface area contributed by atoms with Crippen molar-refractivity contribution in [2.75, 3.05) is 0 Å². The van der Waals surface area contributed by atoms with Gasteiger partial charge in [0.2, 0.25) is 0 Å². The molecule has 2 heteroatoms. The van der Waals surface area contributed by atoms with Crippen molar-refractivity contribution in [3.8, 4) is 0 Å². The average molecular weight is 240 g/mol. The molecule has 0 unspecified atom stereocenters. The van der Waals surface area contributed by atoms with Crippen LogP contribution in [0.5, 0.6) is 0 Å². The Morgan fingerprint density at radius 1 is 1.06 bits per heavy atom. The van der Waals surface area contributed by atoms with Crippen molar-refractivity contribution in [3.63, 3.8) is 0 Å². The first-order valence-corrected chi connectivity index (χ1v) is 6.64. The summed E-state index contributed by atoms with van der Waals surface area (Å²) in [5.41, 5.74) is 0.605. The van der Waals surface area contributed by atoms with Crippen molar-refractivity contribution in [1.82, 2.24) is 0 Å². The largest absolute Gasteiger partial charge is 0.478 e. The van der Waals surface area contributed by atoms with Crippen LogP contribution in [0.2, 0.25) is 0 Å². The van der Waals surface area contributed by atoms with Gasteiger partial charge in [0, 0.05) is 5.57 Å². The van der Waals surface area contributed by atoms with Gasteiger partial charge in [0.25, 0.3) is 0 Å². The molecule has 0 saturated carbocycles. The summed E-state index contributed by atoms with van der Waals surface area (Å²) in [5, 5.41) is 8.93. The third kappa shape index (κ3) is 12.9. The molecule has 0 heterocycles. The Labute approximate surface area is 106 Å². The van der Waals surface area contributed by atoms with Crippen molar-refractivity contribution < 1.29 is 9.90 Å². The summed E-state index contributed by atoms with van der Waals surface area (Å²) in [6, 6.07) is 0. The Balaban J connectivity index is 0. The second-order valence-corrected chi connectivity index (χ2v) is 3.99. The Bertz CT molecular complexity index is 207. The first-order chi connectivity index (χ1) is 8.22. The summed E-state index contributed by atoms with van der Waals surface area (Å²) < 4.78 is 0. The lowest BCUT2D eigenvalue weighted by Gasteiger charge is -2.02. The minimum atomic E-state index is -0.737. The molecule has 2 nitrogen and oxygen atoms in total. The van der Waals surface area contributed by atoms with Gasteiger partial charge in [-0.2, -0.15) is 0 Å². The van der Waals surface area contributed by atoms with Crippen LogP contribution in [0.3, 0.4) is 0 Å². The van der Waals surface area contributed by atoms with Crippen molar-refractivity contribution in [2.45, 2.75) is 65.2 Å². The van der Waals surface area contributed by atoms with Crippen LogP contribution in [0.4, 0.5) is 0 Å². The maximum atomic E-state index is 10.9. The van der Waals surface area contributed by atoms with Crippen molar-refractivity contribution >= 4 is 5.97 Å². The molecule has 0 atom stereocenters. The van der Waals surface area contributed by atoms with E-state index < -0.39 is 5.97 Å². The zero-order valence-corrected chi connectivity index (χ0v) is 11.5. The van der Waals surface area contributed by atoms with Gasteiger partial charge in [-0.1, -0.05) is 52.0 Å². The van der Waals surface area contributed by atoms with Crippen LogP contribution in [0.1, 0.15) is 65.2 Å². The van der Waals surface area contributed by atoms with Crippen LogP contribution in [-0.4, -0.2) is 11.1 Å². The first kappa shape index (κ1) is 18.3. The highest BCUT2D eigenvalue weighted by molar-refractivity contribution is 5.86. The normalized spacial score (nSPS) is 10.6. The third-order valence-electron chi connectivity index (χ3n) is 2.50. The van der Waals surface area contributed by atoms with E-state index in [1.54, 1.807) is 0 Å². The van der Waals surface area contributed by atoms with Crippen LogP contribution in [0.25, 0.3) is 0 Å². The summed E-state index contributed by atoms with van der Waals surface area (Å²) in [5.74, 6) is -0.737. The number of rotatable bonds is 9. The van der Waals surface area contributed by atoms with Gasteiger partial charge in [-0.05, 0) is 19.3 Å². The number of carboxylic acids is 1. The molecule has 0 fully saturated rings. The smallest absolute Gasteiger partial charge is 0.331 e. The lowest BCUT2D eigenvalue weighted by atomic mass is 10.0. The molecule has 0 rings (SSSR count). The first-order valence-electron chi connectivity index (χ1n) is 6.64. The van der Waals surface area contributed by atoms with Gasteiger partial charge in [0.05, 0.1) is 0 Å². The Morgan fingerprint density at radius 2 is 1.65 bits per heavy atom. The average Bonchev–Trinajstić information content (AvgIpc) is 2.35. The summed E-state index contributed by atoms with van der Waals surface area (Å²) in [6.45, 7) is 10.3. The van der Waals surface area contributed by atoms with E-state index in [4.69, 9.17) is 5.11 Å². The Morgan fingerprint density at radius 3 is 2.12 bits per heavy atom. The van der Waals surface area contributed by atoms with Gasteiger partial charge in [0.1, 0.15) is 0 Å². The molecule has 0 aromatic carbocycles. The predicted molar refractivity (Wildman–Crippen MR) is 75.3 cm³/mol. The highest BCUT2D eigenvalue weighted by atomic mass is 16.4. The van der Waals surface area contributed by atoms with Crippen LogP contribution in [0, 0.1) is 0 Å². The van der Waals surface area contributed by atoms with E-state index in [1.807, 2.05) is 6.08 Å². The van der Waals surface area contributed by atoms with Crippen LogP contribution >= 0.6 is 0 Å². The molecule has 0 bridgehead atoms. The maximum absolute atomic E-state index is 10.9. The minimum Gasteiger partial charge on any atom is -0.478 e. The van der Waals surface area contributed by atoms with Crippen molar-refractivity contribution in [3.05, 3.63) is 24.8 Å². The van der Waals surface area contributed by atoms with E-state index in [9.17, 15) is 4.79 Å². The molecule has 0 aromatic rings. The molecule has 0 aromatic heterocycles. The lowest BCUT2D eigenvalue weighted by Crippen LogP contribution is -2.00. The molecule has 0 saturated heterocycles. The highest BCUT2D eigenvalue weighted by Gasteiger charge is 2.05. The van der Waals surface area contributed by atoms with Gasteiger partial charge in [0.15, 0.2) is 0 Å². The zero-order chi connectivity index (χ0) is 13.5. The van der Waals surface area contributed by atoms with Crippen molar-refractivity contribution in [1.29, 1.82) is 0 Å². The van der Waals surface area contributed by atoms with Crippen LogP contribution in [0.15, 0.2) is 24.8 Å². The second kappa shape index (κ2) is 14.9. The number of unbranched alkanes of at least 4 members (excludes halogenated alkanes) is 5. The molecule has 0 aliphatic heterocycles. The molecule has 17 heavy (non-hydrogen) atoms. The van der Waals surface area contributed by atoms with Gasteiger partial charge in [-0.25, -0.2) is 4.79 Å². The molecule has 0 amide bonds. The van der Waals surface area contributed by atoms with E-state index in [2.05, 4.69) is 27.0 Å². The van der Waals surface area contributed by atoms with E-state index in [0.29, 0.717) is 5.57 Å².